The molecule has 152 valence electrons. The lowest BCUT2D eigenvalue weighted by molar-refractivity contribution is -0.136. The summed E-state index contributed by atoms with van der Waals surface area (Å²) in [6.07, 6.45) is 1.42. The van der Waals surface area contributed by atoms with Gasteiger partial charge in [-0.2, -0.15) is 5.10 Å². The maximum absolute atomic E-state index is 11.8. The highest BCUT2D eigenvalue weighted by Gasteiger charge is 2.12. The zero-order chi connectivity index (χ0) is 21.3. The molecule has 3 aromatic rings. The predicted octanol–water partition coefficient (Wildman–Crippen LogP) is 4.66. The number of anilines is 1. The summed E-state index contributed by atoms with van der Waals surface area (Å²) in [5.41, 5.74) is 4.32. The van der Waals surface area contributed by atoms with Crippen LogP contribution in [0.2, 0.25) is 10.0 Å². The van der Waals surface area contributed by atoms with Crippen LogP contribution in [-0.2, 0) is 16.2 Å². The van der Waals surface area contributed by atoms with Crippen LogP contribution in [0.1, 0.15) is 11.1 Å². The Morgan fingerprint density at radius 3 is 2.33 bits per heavy atom. The maximum atomic E-state index is 11.8. The molecule has 8 heteroatoms. The number of amides is 2. The van der Waals surface area contributed by atoms with Crippen LogP contribution in [0.25, 0.3) is 0 Å². The number of halogens is 2. The highest BCUT2D eigenvalue weighted by Crippen LogP contribution is 2.16. The van der Waals surface area contributed by atoms with Gasteiger partial charge in [-0.1, -0.05) is 35.3 Å². The molecule has 0 fully saturated rings. The van der Waals surface area contributed by atoms with Gasteiger partial charge >= 0.3 is 11.8 Å². The summed E-state index contributed by atoms with van der Waals surface area (Å²) >= 11 is 11.7. The van der Waals surface area contributed by atoms with E-state index >= 15 is 0 Å². The van der Waals surface area contributed by atoms with Gasteiger partial charge in [-0.3, -0.25) is 9.59 Å². The first kappa shape index (κ1) is 21.4. The lowest BCUT2D eigenvalue weighted by atomic mass is 10.2. The van der Waals surface area contributed by atoms with E-state index in [0.717, 1.165) is 11.1 Å². The average Bonchev–Trinajstić information content (AvgIpc) is 2.75. The monoisotopic (exact) mass is 441 g/mol. The number of benzene rings is 3. The molecule has 2 N–H and O–H groups in total. The van der Waals surface area contributed by atoms with Gasteiger partial charge in [0.2, 0.25) is 0 Å². The third-order valence-corrected chi connectivity index (χ3v) is 4.35. The van der Waals surface area contributed by atoms with Crippen LogP contribution in [0.15, 0.2) is 77.9 Å². The molecule has 2 amide bonds. The Balaban J connectivity index is 1.46. The predicted molar refractivity (Wildman–Crippen MR) is 118 cm³/mol. The van der Waals surface area contributed by atoms with Crippen molar-refractivity contribution in [3.8, 4) is 5.75 Å². The number of carbonyl (C=O) groups excluding carboxylic acids is 2. The second-order valence-corrected chi connectivity index (χ2v) is 7.02. The average molecular weight is 442 g/mol. The van der Waals surface area contributed by atoms with Crippen molar-refractivity contribution in [2.45, 2.75) is 6.61 Å². The summed E-state index contributed by atoms with van der Waals surface area (Å²) < 4.78 is 5.71. The van der Waals surface area contributed by atoms with Crippen LogP contribution in [0, 0.1) is 0 Å². The molecule has 0 saturated heterocycles. The molecule has 3 rings (SSSR count). The minimum absolute atomic E-state index is 0.396. The fraction of sp³-hybridized carbons (Fsp3) is 0.0455. The molecule has 0 radical (unpaired) electrons. The third kappa shape index (κ3) is 6.62. The number of rotatable bonds is 6. The zero-order valence-corrected chi connectivity index (χ0v) is 17.2. The molecule has 0 unspecified atom stereocenters. The summed E-state index contributed by atoms with van der Waals surface area (Å²) in [7, 11) is 0. The van der Waals surface area contributed by atoms with Gasteiger partial charge < -0.3 is 10.1 Å². The molecule has 0 heterocycles. The first-order valence-corrected chi connectivity index (χ1v) is 9.62. The van der Waals surface area contributed by atoms with Gasteiger partial charge in [0.25, 0.3) is 0 Å². The second kappa shape index (κ2) is 10.4. The number of hydrogen-bond donors (Lipinski definition) is 2. The quantitative estimate of drug-likeness (QED) is 0.331. The summed E-state index contributed by atoms with van der Waals surface area (Å²) in [5.74, 6) is -1.04. The molecule has 0 saturated carbocycles. The summed E-state index contributed by atoms with van der Waals surface area (Å²) in [6, 6.07) is 20.9. The Kier molecular flexibility index (Phi) is 7.43. The van der Waals surface area contributed by atoms with Gasteiger partial charge in [-0.05, 0) is 71.8 Å². The Morgan fingerprint density at radius 2 is 1.63 bits per heavy atom. The lowest BCUT2D eigenvalue weighted by Gasteiger charge is -2.07. The third-order valence-electron chi connectivity index (χ3n) is 3.86. The fourth-order valence-electron chi connectivity index (χ4n) is 2.38. The van der Waals surface area contributed by atoms with Crippen LogP contribution in [0.3, 0.4) is 0 Å². The molecule has 6 nitrogen and oxygen atoms in total. The molecule has 0 atom stereocenters. The van der Waals surface area contributed by atoms with Crippen molar-refractivity contribution < 1.29 is 14.3 Å². The minimum atomic E-state index is -0.886. The number of nitrogens with one attached hydrogen (secondary N) is 2. The van der Waals surface area contributed by atoms with Crippen LogP contribution in [0.4, 0.5) is 5.69 Å². The first-order valence-electron chi connectivity index (χ1n) is 8.87. The summed E-state index contributed by atoms with van der Waals surface area (Å²) in [6.45, 7) is 0.396. The Hall–Kier alpha value is -3.35. The van der Waals surface area contributed by atoms with Gasteiger partial charge in [-0.25, -0.2) is 5.43 Å². The van der Waals surface area contributed by atoms with Crippen molar-refractivity contribution in [1.29, 1.82) is 0 Å². The van der Waals surface area contributed by atoms with Gasteiger partial charge in [0, 0.05) is 15.7 Å². The SMILES string of the molecule is O=C(N/N=C/c1ccc(OCc2cccc(Cl)c2)cc1)C(=O)Nc1ccc(Cl)cc1. The Morgan fingerprint density at radius 1 is 0.900 bits per heavy atom. The highest BCUT2D eigenvalue weighted by atomic mass is 35.5. The normalized spacial score (nSPS) is 10.6. The lowest BCUT2D eigenvalue weighted by Crippen LogP contribution is -2.32. The molecule has 3 aromatic carbocycles. The van der Waals surface area contributed by atoms with Gasteiger partial charge in [-0.15, -0.1) is 0 Å². The number of nitrogens with zero attached hydrogens (tertiary/aromatic N) is 1. The van der Waals surface area contributed by atoms with Crippen molar-refractivity contribution in [1.82, 2.24) is 5.43 Å². The standard InChI is InChI=1S/C22H17Cl2N3O3/c23-17-6-8-19(9-7-17)26-21(28)22(29)27-25-13-15-4-10-20(11-5-15)30-14-16-2-1-3-18(24)12-16/h1-13H,14H2,(H,26,28)(H,27,29)/b25-13+. The largest absolute Gasteiger partial charge is 0.489 e. The zero-order valence-electron chi connectivity index (χ0n) is 15.6. The highest BCUT2D eigenvalue weighted by molar-refractivity contribution is 6.39. The molecular formula is C22H17Cl2N3O3. The van der Waals surface area contributed by atoms with Gasteiger partial charge in [0.1, 0.15) is 12.4 Å². The minimum Gasteiger partial charge on any atom is -0.489 e. The Labute approximate surface area is 183 Å². The smallest absolute Gasteiger partial charge is 0.329 e. The maximum Gasteiger partial charge on any atom is 0.329 e. The van der Waals surface area contributed by atoms with Crippen molar-refractivity contribution in [3.63, 3.8) is 0 Å². The molecule has 0 aliphatic carbocycles. The van der Waals surface area contributed by atoms with E-state index in [0.29, 0.717) is 28.1 Å². The molecule has 0 bridgehead atoms. The fourth-order valence-corrected chi connectivity index (χ4v) is 2.72. The van der Waals surface area contributed by atoms with Crippen molar-refractivity contribution in [3.05, 3.63) is 94.0 Å². The van der Waals surface area contributed by atoms with Crippen molar-refractivity contribution in [2.24, 2.45) is 5.10 Å². The van der Waals surface area contributed by atoms with E-state index in [1.165, 1.54) is 6.21 Å². The molecule has 0 aromatic heterocycles. The van der Waals surface area contributed by atoms with Crippen LogP contribution in [-0.4, -0.2) is 18.0 Å². The van der Waals surface area contributed by atoms with E-state index < -0.39 is 11.8 Å². The first-order chi connectivity index (χ1) is 14.5. The van der Waals surface area contributed by atoms with Crippen LogP contribution in [0.5, 0.6) is 5.75 Å². The summed E-state index contributed by atoms with van der Waals surface area (Å²) in [4.78, 5) is 23.6. The molecular weight excluding hydrogens is 425 g/mol. The molecule has 0 spiro atoms. The molecule has 30 heavy (non-hydrogen) atoms. The molecule has 0 aliphatic rings. The molecule has 0 aliphatic heterocycles. The van der Waals surface area contributed by atoms with Gasteiger partial charge in [0.15, 0.2) is 0 Å². The second-order valence-electron chi connectivity index (χ2n) is 6.15. The number of hydrogen-bond acceptors (Lipinski definition) is 4. The number of ether oxygens (including phenoxy) is 1. The van der Waals surface area contributed by atoms with E-state index in [2.05, 4.69) is 15.8 Å². The summed E-state index contributed by atoms with van der Waals surface area (Å²) in [5, 5.41) is 7.43. The van der Waals surface area contributed by atoms with Crippen LogP contribution < -0.4 is 15.5 Å². The van der Waals surface area contributed by atoms with E-state index in [1.807, 2.05) is 18.2 Å². The Bertz CT molecular complexity index is 1050. The number of carbonyl (C=O) groups is 2. The van der Waals surface area contributed by atoms with E-state index in [4.69, 9.17) is 27.9 Å². The van der Waals surface area contributed by atoms with Crippen molar-refractivity contribution >= 4 is 46.9 Å². The van der Waals surface area contributed by atoms with Crippen molar-refractivity contribution in [2.75, 3.05) is 5.32 Å². The van der Waals surface area contributed by atoms with Crippen LogP contribution >= 0.6 is 23.2 Å². The number of hydrazone groups is 1. The van der Waals surface area contributed by atoms with E-state index in [1.54, 1.807) is 54.6 Å². The van der Waals surface area contributed by atoms with Gasteiger partial charge in [0.05, 0.1) is 6.21 Å². The van der Waals surface area contributed by atoms with E-state index in [-0.39, 0.29) is 0 Å². The van der Waals surface area contributed by atoms with E-state index in [9.17, 15) is 9.59 Å². The topological polar surface area (TPSA) is 79.8 Å².